The fourth-order valence-corrected chi connectivity index (χ4v) is 4.39. The predicted molar refractivity (Wildman–Crippen MR) is 62.9 cm³/mol. The summed E-state index contributed by atoms with van der Waals surface area (Å²) >= 11 is 0. The van der Waals surface area contributed by atoms with Gasteiger partial charge < -0.3 is 5.11 Å². The highest BCUT2D eigenvalue weighted by Gasteiger charge is 2.70. The summed E-state index contributed by atoms with van der Waals surface area (Å²) < 4.78 is 36.1. The van der Waals surface area contributed by atoms with E-state index >= 15 is 0 Å². The van der Waals surface area contributed by atoms with Gasteiger partial charge in [0.25, 0.3) is 0 Å². The Morgan fingerprint density at radius 3 is 2.33 bits per heavy atom. The van der Waals surface area contributed by atoms with Gasteiger partial charge in [0.2, 0.25) is 0 Å². The van der Waals surface area contributed by atoms with Gasteiger partial charge in [-0.05, 0) is 17.7 Å². The van der Waals surface area contributed by atoms with Gasteiger partial charge in [-0.15, -0.1) is 0 Å². The van der Waals surface area contributed by atoms with Gasteiger partial charge >= 0.3 is 0 Å². The van der Waals surface area contributed by atoms with Crippen molar-refractivity contribution < 1.29 is 17.9 Å². The summed E-state index contributed by atoms with van der Waals surface area (Å²) in [5, 5.41) is 17.5. The molecule has 96 valence electrons. The number of rotatable bonds is 3. The monoisotopic (exact) mass is 269 g/mol. The largest absolute Gasteiger partial charge is 0.395 e. The maximum atomic E-state index is 12.8. The van der Waals surface area contributed by atoms with E-state index in [4.69, 9.17) is 5.26 Å². The highest BCUT2D eigenvalue weighted by molar-refractivity contribution is 7.91. The minimum Gasteiger partial charge on any atom is -0.395 e. The van der Waals surface area contributed by atoms with E-state index in [1.807, 2.05) is 6.07 Å². The molecule has 0 aromatic heterocycles. The zero-order valence-corrected chi connectivity index (χ0v) is 10.5. The first kappa shape index (κ1) is 13.0. The van der Waals surface area contributed by atoms with Crippen LogP contribution in [0.5, 0.6) is 0 Å². The summed E-state index contributed by atoms with van der Waals surface area (Å²) in [6.45, 7) is -0.525. The van der Waals surface area contributed by atoms with E-state index in [0.717, 1.165) is 6.26 Å². The van der Waals surface area contributed by atoms with Gasteiger partial charge in [-0.1, -0.05) is 12.1 Å². The molecule has 1 N–H and O–H groups in total. The van der Waals surface area contributed by atoms with Gasteiger partial charge in [0, 0.05) is 12.2 Å². The lowest BCUT2D eigenvalue weighted by Gasteiger charge is -2.03. The number of hydrogen-bond acceptors (Lipinski definition) is 4. The zero-order chi connectivity index (χ0) is 13.6. The summed E-state index contributed by atoms with van der Waals surface area (Å²) in [6.07, 6.45) is 1.04. The van der Waals surface area contributed by atoms with Crippen LogP contribution in [0.4, 0.5) is 4.39 Å². The fourth-order valence-electron chi connectivity index (χ4n) is 2.53. The lowest BCUT2D eigenvalue weighted by Crippen LogP contribution is -2.16. The lowest BCUT2D eigenvalue weighted by molar-refractivity contribution is 0.242. The van der Waals surface area contributed by atoms with Crippen LogP contribution in [0.25, 0.3) is 0 Å². The molecule has 3 atom stereocenters. The van der Waals surface area contributed by atoms with Crippen molar-refractivity contribution >= 4 is 9.84 Å². The Kier molecular flexibility index (Phi) is 2.92. The Morgan fingerprint density at radius 1 is 1.44 bits per heavy atom. The molecule has 0 bridgehead atoms. The van der Waals surface area contributed by atoms with Crippen LogP contribution in [0.3, 0.4) is 0 Å². The molecule has 1 aliphatic carbocycles. The van der Waals surface area contributed by atoms with E-state index in [-0.39, 0.29) is 0 Å². The van der Waals surface area contributed by atoms with E-state index in [9.17, 15) is 17.9 Å². The van der Waals surface area contributed by atoms with E-state index in [1.54, 1.807) is 0 Å². The zero-order valence-electron chi connectivity index (χ0n) is 9.67. The van der Waals surface area contributed by atoms with Crippen LogP contribution in [0, 0.1) is 22.6 Å². The Bertz CT molecular complexity index is 605. The summed E-state index contributed by atoms with van der Waals surface area (Å²) in [6, 6.07) is 7.23. The second-order valence-corrected chi connectivity index (χ2v) is 6.76. The Balaban J connectivity index is 2.46. The minimum absolute atomic E-state index is 0.429. The SMILES string of the molecule is CS(=O)(=O)[C@@H]1[C@@H](c2ccc(F)cc2)[C@@]1(C#N)CO. The van der Waals surface area contributed by atoms with Crippen molar-refractivity contribution in [3.8, 4) is 6.07 Å². The summed E-state index contributed by atoms with van der Waals surface area (Å²) in [5.41, 5.74) is -0.742. The third-order valence-electron chi connectivity index (χ3n) is 3.42. The lowest BCUT2D eigenvalue weighted by atomic mass is 10.0. The van der Waals surface area contributed by atoms with Gasteiger partial charge in [0.15, 0.2) is 9.84 Å². The molecule has 1 fully saturated rings. The molecule has 0 amide bonds. The average molecular weight is 269 g/mol. The van der Waals surface area contributed by atoms with E-state index in [1.165, 1.54) is 24.3 Å². The third-order valence-corrected chi connectivity index (χ3v) is 5.03. The van der Waals surface area contributed by atoms with Crippen LogP contribution in [0.2, 0.25) is 0 Å². The number of aliphatic hydroxyl groups excluding tert-OH is 1. The maximum absolute atomic E-state index is 12.8. The molecule has 1 aliphatic rings. The van der Waals surface area contributed by atoms with Crippen LogP contribution in [-0.2, 0) is 9.84 Å². The summed E-state index contributed by atoms with van der Waals surface area (Å²) in [4.78, 5) is 0. The first-order chi connectivity index (χ1) is 8.36. The van der Waals surface area contributed by atoms with Crippen molar-refractivity contribution in [2.75, 3.05) is 12.9 Å². The predicted octanol–water partition coefficient (Wildman–Crippen LogP) is 0.838. The van der Waals surface area contributed by atoms with Crippen LogP contribution in [0.15, 0.2) is 24.3 Å². The van der Waals surface area contributed by atoms with Crippen molar-refractivity contribution in [2.45, 2.75) is 11.2 Å². The molecule has 1 aromatic rings. The van der Waals surface area contributed by atoms with Gasteiger partial charge in [-0.25, -0.2) is 12.8 Å². The van der Waals surface area contributed by atoms with Crippen molar-refractivity contribution in [3.63, 3.8) is 0 Å². The van der Waals surface area contributed by atoms with Crippen LogP contribution in [-0.4, -0.2) is 31.6 Å². The topological polar surface area (TPSA) is 78.2 Å². The third kappa shape index (κ3) is 1.80. The number of nitriles is 1. The smallest absolute Gasteiger partial charge is 0.152 e. The number of halogens is 1. The molecule has 1 aromatic carbocycles. The average Bonchev–Trinajstić information content (AvgIpc) is 3.00. The molecule has 0 heterocycles. The summed E-state index contributed by atoms with van der Waals surface area (Å²) in [7, 11) is -3.45. The molecule has 0 spiro atoms. The summed E-state index contributed by atoms with van der Waals surface area (Å²) in [5.74, 6) is -1.02. The quantitative estimate of drug-likeness (QED) is 0.882. The van der Waals surface area contributed by atoms with Crippen molar-refractivity contribution in [2.24, 2.45) is 5.41 Å². The van der Waals surface area contributed by atoms with E-state index < -0.39 is 38.8 Å². The number of nitrogens with zero attached hydrogens (tertiary/aromatic N) is 1. The van der Waals surface area contributed by atoms with Gasteiger partial charge in [0.05, 0.1) is 17.9 Å². The fraction of sp³-hybridized carbons (Fsp3) is 0.417. The van der Waals surface area contributed by atoms with Crippen molar-refractivity contribution in [3.05, 3.63) is 35.6 Å². The molecule has 18 heavy (non-hydrogen) atoms. The second kappa shape index (κ2) is 4.04. The minimum atomic E-state index is -3.45. The molecule has 0 unspecified atom stereocenters. The number of benzene rings is 1. The van der Waals surface area contributed by atoms with E-state index in [0.29, 0.717) is 5.56 Å². The van der Waals surface area contributed by atoms with Crippen LogP contribution in [0.1, 0.15) is 11.5 Å². The first-order valence-electron chi connectivity index (χ1n) is 5.33. The molecule has 0 saturated heterocycles. The molecule has 0 aliphatic heterocycles. The Hall–Kier alpha value is -1.45. The van der Waals surface area contributed by atoms with Crippen LogP contribution < -0.4 is 0 Å². The molecular weight excluding hydrogens is 257 g/mol. The van der Waals surface area contributed by atoms with E-state index in [2.05, 4.69) is 0 Å². The van der Waals surface area contributed by atoms with Crippen molar-refractivity contribution in [1.82, 2.24) is 0 Å². The molecule has 6 heteroatoms. The highest BCUT2D eigenvalue weighted by Crippen LogP contribution is 2.62. The molecule has 4 nitrogen and oxygen atoms in total. The Morgan fingerprint density at radius 2 is 2.00 bits per heavy atom. The normalized spacial score (nSPS) is 30.8. The highest BCUT2D eigenvalue weighted by atomic mass is 32.2. The molecule has 0 radical (unpaired) electrons. The standard InChI is InChI=1S/C12H12FNO3S/c1-18(16,17)11-10(12(11,6-14)7-15)8-2-4-9(13)5-3-8/h2-5,10-11,15H,7H2,1H3/t10-,11-,12-/m1/s1. The van der Waals surface area contributed by atoms with Gasteiger partial charge in [-0.2, -0.15) is 5.26 Å². The molecule has 2 rings (SSSR count). The van der Waals surface area contributed by atoms with Gasteiger partial charge in [0.1, 0.15) is 11.2 Å². The number of hydrogen-bond donors (Lipinski definition) is 1. The molecular formula is C12H12FNO3S. The number of sulfone groups is 1. The second-order valence-electron chi connectivity index (χ2n) is 4.59. The number of aliphatic hydroxyl groups is 1. The maximum Gasteiger partial charge on any atom is 0.152 e. The van der Waals surface area contributed by atoms with Crippen molar-refractivity contribution in [1.29, 1.82) is 5.26 Å². The van der Waals surface area contributed by atoms with Crippen LogP contribution >= 0.6 is 0 Å². The Labute approximate surface area is 105 Å². The molecule has 1 saturated carbocycles. The first-order valence-corrected chi connectivity index (χ1v) is 7.28. The van der Waals surface area contributed by atoms with Gasteiger partial charge in [-0.3, -0.25) is 0 Å².